The molecule has 1 heterocycles. The van der Waals surface area contributed by atoms with Gasteiger partial charge in [0.1, 0.15) is 0 Å². The minimum atomic E-state index is -0.864. The lowest BCUT2D eigenvalue weighted by Crippen LogP contribution is -2.55. The summed E-state index contributed by atoms with van der Waals surface area (Å²) in [6.07, 6.45) is 2.43. The summed E-state index contributed by atoms with van der Waals surface area (Å²) < 4.78 is 0. The Bertz CT molecular complexity index is 399. The van der Waals surface area contributed by atoms with E-state index in [9.17, 15) is 4.79 Å². The van der Waals surface area contributed by atoms with Gasteiger partial charge in [0.05, 0.1) is 5.56 Å². The van der Waals surface area contributed by atoms with Crippen LogP contribution in [0.1, 0.15) is 37.0 Å². The van der Waals surface area contributed by atoms with Gasteiger partial charge < -0.3 is 10.0 Å². The molecule has 0 spiro atoms. The third-order valence-corrected chi connectivity index (χ3v) is 4.03. The molecule has 0 aliphatic carbocycles. The van der Waals surface area contributed by atoms with Gasteiger partial charge in [-0.2, -0.15) is 0 Å². The van der Waals surface area contributed by atoms with Gasteiger partial charge in [0, 0.05) is 24.2 Å². The summed E-state index contributed by atoms with van der Waals surface area (Å²) in [5.41, 5.74) is 1.96. The molecule has 1 aromatic rings. The molecular formula is C14H19NO2. The van der Waals surface area contributed by atoms with E-state index in [0.29, 0.717) is 11.0 Å². The largest absolute Gasteiger partial charge is 0.478 e. The summed E-state index contributed by atoms with van der Waals surface area (Å²) >= 11 is 0. The number of rotatable bonds is 4. The van der Waals surface area contributed by atoms with Gasteiger partial charge in [-0.3, -0.25) is 0 Å². The van der Waals surface area contributed by atoms with Crippen LogP contribution in [0.25, 0.3) is 0 Å². The van der Waals surface area contributed by atoms with Crippen LogP contribution in [0.15, 0.2) is 24.3 Å². The van der Waals surface area contributed by atoms with Crippen LogP contribution in [0.2, 0.25) is 0 Å². The fourth-order valence-corrected chi connectivity index (χ4v) is 2.46. The first kappa shape index (κ1) is 12.0. The van der Waals surface area contributed by atoms with Gasteiger partial charge in [0.2, 0.25) is 0 Å². The predicted octanol–water partition coefficient (Wildman–Crippen LogP) is 3.01. The first-order chi connectivity index (χ1) is 8.10. The van der Waals surface area contributed by atoms with Crippen molar-refractivity contribution in [3.05, 3.63) is 29.8 Å². The molecule has 1 aliphatic rings. The average Bonchev–Trinajstić information content (AvgIpc) is 2.29. The molecule has 1 fully saturated rings. The summed E-state index contributed by atoms with van der Waals surface area (Å²) in [6.45, 7) is 6.67. The Morgan fingerprint density at radius 3 is 2.18 bits per heavy atom. The average molecular weight is 233 g/mol. The highest BCUT2D eigenvalue weighted by atomic mass is 16.4. The highest BCUT2D eigenvalue weighted by Crippen LogP contribution is 2.39. The second-order valence-electron chi connectivity index (χ2n) is 4.92. The maximum Gasteiger partial charge on any atom is 0.335 e. The van der Waals surface area contributed by atoms with Crippen LogP contribution in [0.5, 0.6) is 0 Å². The number of benzene rings is 1. The topological polar surface area (TPSA) is 40.5 Å². The van der Waals surface area contributed by atoms with Crippen LogP contribution in [-0.4, -0.2) is 24.2 Å². The second kappa shape index (κ2) is 4.40. The lowest BCUT2D eigenvalue weighted by molar-refractivity contribution is 0.0697. The number of carboxylic acids is 1. The molecule has 2 rings (SSSR count). The van der Waals surface area contributed by atoms with Gasteiger partial charge in [-0.15, -0.1) is 0 Å². The van der Waals surface area contributed by atoms with Gasteiger partial charge >= 0.3 is 5.97 Å². The fourth-order valence-electron chi connectivity index (χ4n) is 2.46. The Kier molecular flexibility index (Phi) is 3.09. The Morgan fingerprint density at radius 2 is 1.76 bits per heavy atom. The molecule has 1 N–H and O–H groups in total. The van der Waals surface area contributed by atoms with E-state index in [1.54, 1.807) is 12.1 Å². The van der Waals surface area contributed by atoms with Crippen molar-refractivity contribution < 1.29 is 9.90 Å². The van der Waals surface area contributed by atoms with Gasteiger partial charge in [-0.05, 0) is 37.1 Å². The molecule has 17 heavy (non-hydrogen) atoms. The zero-order valence-corrected chi connectivity index (χ0v) is 10.4. The van der Waals surface area contributed by atoms with E-state index in [2.05, 4.69) is 18.7 Å². The molecule has 1 aliphatic heterocycles. The van der Waals surface area contributed by atoms with Crippen LogP contribution >= 0.6 is 0 Å². The number of anilines is 1. The molecule has 92 valence electrons. The molecule has 0 atom stereocenters. The maximum absolute atomic E-state index is 10.7. The van der Waals surface area contributed by atoms with Crippen molar-refractivity contribution in [3.63, 3.8) is 0 Å². The van der Waals surface area contributed by atoms with Crippen molar-refractivity contribution >= 4 is 11.7 Å². The first-order valence-corrected chi connectivity index (χ1v) is 6.18. The zero-order chi connectivity index (χ0) is 12.5. The van der Waals surface area contributed by atoms with E-state index in [-0.39, 0.29) is 0 Å². The summed E-state index contributed by atoms with van der Waals surface area (Å²) in [5, 5.41) is 8.83. The van der Waals surface area contributed by atoms with E-state index >= 15 is 0 Å². The number of hydrogen-bond donors (Lipinski definition) is 1. The highest BCUT2D eigenvalue weighted by molar-refractivity contribution is 5.88. The van der Waals surface area contributed by atoms with Crippen LogP contribution < -0.4 is 4.90 Å². The number of carbonyl (C=O) groups is 1. The number of aromatic carboxylic acids is 1. The summed E-state index contributed by atoms with van der Waals surface area (Å²) in [6, 6.07) is 7.16. The Morgan fingerprint density at radius 1 is 1.24 bits per heavy atom. The normalized spacial score (nSPS) is 17.6. The summed E-state index contributed by atoms with van der Waals surface area (Å²) in [5.74, 6) is -0.864. The Balaban J connectivity index is 2.04. The van der Waals surface area contributed by atoms with Crippen molar-refractivity contribution in [1.29, 1.82) is 0 Å². The lowest BCUT2D eigenvalue weighted by Gasteiger charge is -2.51. The fraction of sp³-hybridized carbons (Fsp3) is 0.500. The van der Waals surface area contributed by atoms with Crippen molar-refractivity contribution in [2.24, 2.45) is 5.41 Å². The van der Waals surface area contributed by atoms with Crippen LogP contribution in [-0.2, 0) is 0 Å². The van der Waals surface area contributed by atoms with E-state index in [1.807, 2.05) is 12.1 Å². The van der Waals surface area contributed by atoms with Gasteiger partial charge in [-0.25, -0.2) is 4.79 Å². The SMILES string of the molecule is CCC1(CC)CN(c2ccc(C(=O)O)cc2)C1. The number of hydrogen-bond acceptors (Lipinski definition) is 2. The summed E-state index contributed by atoms with van der Waals surface area (Å²) in [4.78, 5) is 13.1. The van der Waals surface area contributed by atoms with E-state index < -0.39 is 5.97 Å². The molecule has 0 bridgehead atoms. The van der Waals surface area contributed by atoms with E-state index in [0.717, 1.165) is 18.8 Å². The minimum absolute atomic E-state index is 0.353. The molecule has 0 aromatic heterocycles. The first-order valence-electron chi connectivity index (χ1n) is 6.18. The van der Waals surface area contributed by atoms with Crippen LogP contribution in [0.4, 0.5) is 5.69 Å². The highest BCUT2D eigenvalue weighted by Gasteiger charge is 2.39. The van der Waals surface area contributed by atoms with Crippen molar-refractivity contribution in [3.8, 4) is 0 Å². The standard InChI is InChI=1S/C14H19NO2/c1-3-14(4-2)9-15(10-14)12-7-5-11(6-8-12)13(16)17/h5-8H,3-4,9-10H2,1-2H3,(H,16,17). The molecular weight excluding hydrogens is 214 g/mol. The lowest BCUT2D eigenvalue weighted by atomic mass is 9.75. The van der Waals surface area contributed by atoms with Gasteiger partial charge in [-0.1, -0.05) is 13.8 Å². The molecule has 0 amide bonds. The Labute approximate surface area is 102 Å². The monoisotopic (exact) mass is 233 g/mol. The third-order valence-electron chi connectivity index (χ3n) is 4.03. The molecule has 1 saturated heterocycles. The molecule has 1 aromatic carbocycles. The predicted molar refractivity (Wildman–Crippen MR) is 68.6 cm³/mol. The van der Waals surface area contributed by atoms with Gasteiger partial charge in [0.15, 0.2) is 0 Å². The van der Waals surface area contributed by atoms with Crippen molar-refractivity contribution in [2.45, 2.75) is 26.7 Å². The van der Waals surface area contributed by atoms with Crippen molar-refractivity contribution in [1.82, 2.24) is 0 Å². The van der Waals surface area contributed by atoms with E-state index in [1.165, 1.54) is 12.8 Å². The molecule has 0 saturated carbocycles. The zero-order valence-electron chi connectivity index (χ0n) is 10.4. The quantitative estimate of drug-likeness (QED) is 0.869. The van der Waals surface area contributed by atoms with Crippen LogP contribution in [0.3, 0.4) is 0 Å². The molecule has 0 radical (unpaired) electrons. The van der Waals surface area contributed by atoms with Crippen LogP contribution in [0, 0.1) is 5.41 Å². The number of carboxylic acid groups (broad SMARTS) is 1. The molecule has 3 heteroatoms. The molecule has 0 unspecified atom stereocenters. The number of nitrogens with zero attached hydrogens (tertiary/aromatic N) is 1. The third kappa shape index (κ3) is 2.14. The van der Waals surface area contributed by atoms with Crippen molar-refractivity contribution in [2.75, 3.05) is 18.0 Å². The Hall–Kier alpha value is -1.51. The van der Waals surface area contributed by atoms with Gasteiger partial charge in [0.25, 0.3) is 0 Å². The smallest absolute Gasteiger partial charge is 0.335 e. The van der Waals surface area contributed by atoms with E-state index in [4.69, 9.17) is 5.11 Å². The second-order valence-corrected chi connectivity index (χ2v) is 4.92. The maximum atomic E-state index is 10.7. The minimum Gasteiger partial charge on any atom is -0.478 e. The molecule has 3 nitrogen and oxygen atoms in total. The summed E-state index contributed by atoms with van der Waals surface area (Å²) in [7, 11) is 0.